The second kappa shape index (κ2) is 5.51. The lowest BCUT2D eigenvalue weighted by Gasteiger charge is -2.07. The predicted molar refractivity (Wildman–Crippen MR) is 71.3 cm³/mol. The molecule has 0 atom stereocenters. The lowest BCUT2D eigenvalue weighted by Crippen LogP contribution is -2.12. The third kappa shape index (κ3) is 2.90. The minimum atomic E-state index is -0.963. The minimum Gasteiger partial charge on any atom is -0.477 e. The maximum Gasteiger partial charge on any atom is 0.341 e. The standard InChI is InChI=1S/C13H16N4O2/c1-9-11(13(18)19)12(17(2)16-9)15-7-5-10-4-3-6-14-8-10/h3-4,6,8,15H,5,7H2,1-2H3,(H,18,19). The van der Waals surface area contributed by atoms with Crippen LogP contribution < -0.4 is 5.32 Å². The first kappa shape index (κ1) is 13.1. The number of hydrogen-bond acceptors (Lipinski definition) is 4. The number of rotatable bonds is 5. The van der Waals surface area contributed by atoms with Gasteiger partial charge in [-0.25, -0.2) is 4.79 Å². The number of hydrogen-bond donors (Lipinski definition) is 2. The Morgan fingerprint density at radius 2 is 2.32 bits per heavy atom. The van der Waals surface area contributed by atoms with E-state index in [2.05, 4.69) is 15.4 Å². The smallest absolute Gasteiger partial charge is 0.341 e. The van der Waals surface area contributed by atoms with Crippen molar-refractivity contribution in [3.8, 4) is 0 Å². The van der Waals surface area contributed by atoms with Gasteiger partial charge < -0.3 is 10.4 Å². The molecule has 100 valence electrons. The van der Waals surface area contributed by atoms with E-state index in [1.165, 1.54) is 0 Å². The molecular formula is C13H16N4O2. The number of nitrogens with zero attached hydrogens (tertiary/aromatic N) is 3. The van der Waals surface area contributed by atoms with Crippen molar-refractivity contribution in [3.63, 3.8) is 0 Å². The Hall–Kier alpha value is -2.37. The fraction of sp³-hybridized carbons (Fsp3) is 0.308. The molecule has 2 rings (SSSR count). The van der Waals surface area contributed by atoms with Crippen LogP contribution in [0.15, 0.2) is 24.5 Å². The van der Waals surface area contributed by atoms with Crippen molar-refractivity contribution in [2.45, 2.75) is 13.3 Å². The summed E-state index contributed by atoms with van der Waals surface area (Å²) in [5.41, 5.74) is 1.85. The SMILES string of the molecule is Cc1nn(C)c(NCCc2cccnc2)c1C(=O)O. The highest BCUT2D eigenvalue weighted by molar-refractivity contribution is 5.94. The third-order valence-electron chi connectivity index (χ3n) is 2.86. The van der Waals surface area contributed by atoms with Crippen LogP contribution in [0.3, 0.4) is 0 Å². The van der Waals surface area contributed by atoms with E-state index >= 15 is 0 Å². The molecule has 0 aliphatic carbocycles. The van der Waals surface area contributed by atoms with E-state index in [1.807, 2.05) is 12.1 Å². The number of nitrogens with one attached hydrogen (secondary N) is 1. The first-order valence-corrected chi connectivity index (χ1v) is 5.99. The van der Waals surface area contributed by atoms with Crippen molar-refractivity contribution in [1.82, 2.24) is 14.8 Å². The zero-order valence-electron chi connectivity index (χ0n) is 10.9. The molecule has 2 aromatic heterocycles. The van der Waals surface area contributed by atoms with Crippen molar-refractivity contribution >= 4 is 11.8 Å². The highest BCUT2D eigenvalue weighted by Crippen LogP contribution is 2.18. The molecule has 19 heavy (non-hydrogen) atoms. The minimum absolute atomic E-state index is 0.230. The molecule has 0 saturated heterocycles. The van der Waals surface area contributed by atoms with Crippen molar-refractivity contribution in [2.24, 2.45) is 7.05 Å². The van der Waals surface area contributed by atoms with E-state index in [4.69, 9.17) is 0 Å². The van der Waals surface area contributed by atoms with E-state index in [0.29, 0.717) is 18.1 Å². The molecule has 2 aromatic rings. The van der Waals surface area contributed by atoms with E-state index < -0.39 is 5.97 Å². The van der Waals surface area contributed by atoms with Crippen LogP contribution in [0.2, 0.25) is 0 Å². The van der Waals surface area contributed by atoms with Crippen LogP contribution in [0.1, 0.15) is 21.6 Å². The van der Waals surface area contributed by atoms with Crippen LogP contribution in [0.25, 0.3) is 0 Å². The average molecular weight is 260 g/mol. The molecule has 0 spiro atoms. The highest BCUT2D eigenvalue weighted by atomic mass is 16.4. The Morgan fingerprint density at radius 1 is 1.53 bits per heavy atom. The fourth-order valence-corrected chi connectivity index (χ4v) is 1.99. The number of anilines is 1. The van der Waals surface area contributed by atoms with Crippen molar-refractivity contribution < 1.29 is 9.90 Å². The molecule has 2 heterocycles. The summed E-state index contributed by atoms with van der Waals surface area (Å²) < 4.78 is 1.56. The first-order valence-electron chi connectivity index (χ1n) is 5.99. The molecule has 6 heteroatoms. The lowest BCUT2D eigenvalue weighted by atomic mass is 10.2. The molecule has 0 amide bonds. The zero-order chi connectivity index (χ0) is 13.8. The summed E-state index contributed by atoms with van der Waals surface area (Å²) in [6.07, 6.45) is 4.30. The maximum atomic E-state index is 11.2. The molecule has 0 aliphatic heterocycles. The van der Waals surface area contributed by atoms with Gasteiger partial charge in [-0.1, -0.05) is 6.07 Å². The van der Waals surface area contributed by atoms with Crippen molar-refractivity contribution in [2.75, 3.05) is 11.9 Å². The summed E-state index contributed by atoms with van der Waals surface area (Å²) in [6, 6.07) is 3.87. The number of aromatic carboxylic acids is 1. The van der Waals surface area contributed by atoms with Crippen LogP contribution in [0.4, 0.5) is 5.82 Å². The summed E-state index contributed by atoms with van der Waals surface area (Å²) in [4.78, 5) is 15.2. The Bertz CT molecular complexity index is 578. The average Bonchev–Trinajstić information content (AvgIpc) is 2.65. The molecule has 0 fully saturated rings. The van der Waals surface area contributed by atoms with Gasteiger partial charge in [-0.3, -0.25) is 9.67 Å². The summed E-state index contributed by atoms with van der Waals surface area (Å²) in [7, 11) is 1.73. The van der Waals surface area contributed by atoms with E-state index in [9.17, 15) is 9.90 Å². The summed E-state index contributed by atoms with van der Waals surface area (Å²) in [5, 5.41) is 16.4. The summed E-state index contributed by atoms with van der Waals surface area (Å²) in [6.45, 7) is 2.32. The maximum absolute atomic E-state index is 11.2. The predicted octanol–water partition coefficient (Wildman–Crippen LogP) is 1.48. The van der Waals surface area contributed by atoms with Crippen molar-refractivity contribution in [1.29, 1.82) is 0 Å². The van der Waals surface area contributed by atoms with E-state index in [-0.39, 0.29) is 5.56 Å². The number of carboxylic acids is 1. The van der Waals surface area contributed by atoms with Crippen LogP contribution in [0.5, 0.6) is 0 Å². The topological polar surface area (TPSA) is 80.0 Å². The van der Waals surface area contributed by atoms with Gasteiger partial charge in [0.2, 0.25) is 0 Å². The van der Waals surface area contributed by atoms with Gasteiger partial charge in [0.1, 0.15) is 11.4 Å². The number of aryl methyl sites for hydroxylation is 2. The normalized spacial score (nSPS) is 10.4. The monoisotopic (exact) mass is 260 g/mol. The van der Waals surface area contributed by atoms with E-state index in [0.717, 1.165) is 12.0 Å². The van der Waals surface area contributed by atoms with Gasteiger partial charge >= 0.3 is 5.97 Å². The highest BCUT2D eigenvalue weighted by Gasteiger charge is 2.18. The molecular weight excluding hydrogens is 244 g/mol. The molecule has 0 bridgehead atoms. The van der Waals surface area contributed by atoms with Gasteiger partial charge in [-0.2, -0.15) is 5.10 Å². The van der Waals surface area contributed by atoms with Gasteiger partial charge in [0.05, 0.1) is 5.69 Å². The van der Waals surface area contributed by atoms with Crippen LogP contribution in [0, 0.1) is 6.92 Å². The number of carbonyl (C=O) groups is 1. The van der Waals surface area contributed by atoms with Gasteiger partial charge in [0.25, 0.3) is 0 Å². The number of carboxylic acid groups (broad SMARTS) is 1. The molecule has 0 unspecified atom stereocenters. The second-order valence-electron chi connectivity index (χ2n) is 4.28. The molecule has 0 radical (unpaired) electrons. The zero-order valence-corrected chi connectivity index (χ0v) is 10.9. The van der Waals surface area contributed by atoms with Gasteiger partial charge in [-0.15, -0.1) is 0 Å². The third-order valence-corrected chi connectivity index (χ3v) is 2.86. The largest absolute Gasteiger partial charge is 0.477 e. The van der Waals surface area contributed by atoms with Gasteiger partial charge in [0.15, 0.2) is 0 Å². The fourth-order valence-electron chi connectivity index (χ4n) is 1.99. The van der Waals surface area contributed by atoms with Gasteiger partial charge in [-0.05, 0) is 25.0 Å². The quantitative estimate of drug-likeness (QED) is 0.851. The summed E-state index contributed by atoms with van der Waals surface area (Å²) >= 11 is 0. The number of aromatic nitrogens is 3. The van der Waals surface area contributed by atoms with Crippen LogP contribution in [-0.2, 0) is 13.5 Å². The van der Waals surface area contributed by atoms with Crippen LogP contribution in [-0.4, -0.2) is 32.4 Å². The van der Waals surface area contributed by atoms with Crippen LogP contribution >= 0.6 is 0 Å². The Kier molecular flexibility index (Phi) is 3.79. The Balaban J connectivity index is 2.06. The van der Waals surface area contributed by atoms with Crippen molar-refractivity contribution in [3.05, 3.63) is 41.3 Å². The molecule has 2 N–H and O–H groups in total. The number of pyridine rings is 1. The first-order chi connectivity index (χ1) is 9.09. The van der Waals surface area contributed by atoms with E-state index in [1.54, 1.807) is 31.0 Å². The second-order valence-corrected chi connectivity index (χ2v) is 4.28. The summed E-state index contributed by atoms with van der Waals surface area (Å²) in [5.74, 6) is -0.427. The molecule has 0 aromatic carbocycles. The molecule has 0 aliphatic rings. The molecule has 0 saturated carbocycles. The van der Waals surface area contributed by atoms with Gasteiger partial charge in [0, 0.05) is 26.0 Å². The molecule has 6 nitrogen and oxygen atoms in total. The Labute approximate surface area is 111 Å². The Morgan fingerprint density at radius 3 is 2.95 bits per heavy atom. The lowest BCUT2D eigenvalue weighted by molar-refractivity contribution is 0.0697.